The zero-order valence-corrected chi connectivity index (χ0v) is 21.8. The van der Waals surface area contributed by atoms with Crippen LogP contribution in [0.2, 0.25) is 5.02 Å². The Morgan fingerprint density at radius 3 is 2.03 bits per heavy atom. The topological polar surface area (TPSA) is 98.7 Å². The van der Waals surface area contributed by atoms with Crippen molar-refractivity contribution in [2.24, 2.45) is 0 Å². The molecule has 0 atom stereocenters. The van der Waals surface area contributed by atoms with E-state index in [1.807, 2.05) is 36.4 Å². The lowest BCUT2D eigenvalue weighted by Crippen LogP contribution is -2.42. The van der Waals surface area contributed by atoms with Crippen LogP contribution >= 0.6 is 11.6 Å². The average molecular weight is 528 g/mol. The smallest absolute Gasteiger partial charge is 0.255 e. The lowest BCUT2D eigenvalue weighted by atomic mass is 9.84. The van der Waals surface area contributed by atoms with E-state index in [-0.39, 0.29) is 5.91 Å². The molecule has 0 bridgehead atoms. The Morgan fingerprint density at radius 1 is 0.917 bits per heavy atom. The third kappa shape index (κ3) is 6.00. The highest BCUT2D eigenvalue weighted by Gasteiger charge is 2.34. The van der Waals surface area contributed by atoms with Gasteiger partial charge in [-0.05, 0) is 92.9 Å². The molecule has 0 saturated carbocycles. The number of sulfonamides is 1. The van der Waals surface area contributed by atoms with Gasteiger partial charge in [0.2, 0.25) is 10.0 Å². The molecule has 1 amide bonds. The molecule has 7 nitrogen and oxygen atoms in total. The molecule has 3 N–H and O–H groups in total. The number of carbonyl (C=O) groups is 1. The second-order valence-electron chi connectivity index (χ2n) is 9.30. The van der Waals surface area contributed by atoms with Gasteiger partial charge < -0.3 is 15.3 Å². The number of hydrogen-bond donors (Lipinski definition) is 3. The van der Waals surface area contributed by atoms with E-state index in [1.165, 1.54) is 0 Å². The first-order valence-electron chi connectivity index (χ1n) is 11.8. The SMILES string of the molecule is CC(C)S(=O)(=O)Nc1ccc(C(=O)Nc2ccc(N3CCC(O)(c4ccc(Cl)cc4)CC3)cc2)cc1. The van der Waals surface area contributed by atoms with Gasteiger partial charge in [0.15, 0.2) is 0 Å². The van der Waals surface area contributed by atoms with Crippen LogP contribution in [0.25, 0.3) is 0 Å². The van der Waals surface area contributed by atoms with Gasteiger partial charge in [0.05, 0.1) is 10.9 Å². The molecule has 1 heterocycles. The van der Waals surface area contributed by atoms with Crippen LogP contribution in [0, 0.1) is 0 Å². The van der Waals surface area contributed by atoms with Crippen molar-refractivity contribution in [3.63, 3.8) is 0 Å². The quantitative estimate of drug-likeness (QED) is 0.391. The van der Waals surface area contributed by atoms with Crippen LogP contribution < -0.4 is 14.9 Å². The van der Waals surface area contributed by atoms with E-state index in [1.54, 1.807) is 50.2 Å². The van der Waals surface area contributed by atoms with Crippen molar-refractivity contribution in [1.82, 2.24) is 0 Å². The van der Waals surface area contributed by atoms with Crippen LogP contribution in [0.15, 0.2) is 72.8 Å². The molecular formula is C27H30ClN3O4S. The molecule has 1 saturated heterocycles. The summed E-state index contributed by atoms with van der Waals surface area (Å²) in [6, 6.07) is 21.3. The molecule has 3 aromatic carbocycles. The molecule has 9 heteroatoms. The van der Waals surface area contributed by atoms with Crippen LogP contribution in [-0.2, 0) is 15.6 Å². The van der Waals surface area contributed by atoms with Crippen LogP contribution in [0.1, 0.15) is 42.6 Å². The standard InChI is InChI=1S/C27H30ClN3O4S/c1-19(2)36(34,35)30-24-9-3-20(4-10-24)26(32)29-23-11-13-25(14-12-23)31-17-15-27(33,16-18-31)21-5-7-22(28)8-6-21/h3-14,19,30,33H,15-18H2,1-2H3,(H,29,32). The van der Waals surface area contributed by atoms with Gasteiger partial charge in [0.25, 0.3) is 5.91 Å². The normalized spacial score (nSPS) is 15.5. The predicted molar refractivity (Wildman–Crippen MR) is 145 cm³/mol. The summed E-state index contributed by atoms with van der Waals surface area (Å²) in [4.78, 5) is 14.9. The molecular weight excluding hydrogens is 498 g/mol. The Kier molecular flexibility index (Phi) is 7.59. The molecule has 3 aromatic rings. The van der Waals surface area contributed by atoms with Gasteiger partial charge in [-0.3, -0.25) is 9.52 Å². The molecule has 36 heavy (non-hydrogen) atoms. The summed E-state index contributed by atoms with van der Waals surface area (Å²) < 4.78 is 26.5. The van der Waals surface area contributed by atoms with E-state index in [0.717, 1.165) is 11.3 Å². The second-order valence-corrected chi connectivity index (χ2v) is 12.0. The van der Waals surface area contributed by atoms with Gasteiger partial charge in [-0.25, -0.2) is 8.42 Å². The Morgan fingerprint density at radius 2 is 1.47 bits per heavy atom. The van der Waals surface area contributed by atoms with Gasteiger partial charge in [-0.2, -0.15) is 0 Å². The Bertz CT molecular complexity index is 1300. The average Bonchev–Trinajstić information content (AvgIpc) is 2.85. The molecule has 1 aliphatic heterocycles. The van der Waals surface area contributed by atoms with Gasteiger partial charge in [-0.1, -0.05) is 23.7 Å². The molecule has 1 aliphatic rings. The van der Waals surface area contributed by atoms with E-state index >= 15 is 0 Å². The van der Waals surface area contributed by atoms with Crippen LogP contribution in [0.5, 0.6) is 0 Å². The van der Waals surface area contributed by atoms with Crippen molar-refractivity contribution in [2.75, 3.05) is 28.0 Å². The van der Waals surface area contributed by atoms with Crippen molar-refractivity contribution < 1.29 is 18.3 Å². The fraction of sp³-hybridized carbons (Fsp3) is 0.296. The van der Waals surface area contributed by atoms with Crippen LogP contribution in [-0.4, -0.2) is 37.8 Å². The van der Waals surface area contributed by atoms with Crippen molar-refractivity contribution in [1.29, 1.82) is 0 Å². The number of halogens is 1. The van der Waals surface area contributed by atoms with Gasteiger partial charge in [-0.15, -0.1) is 0 Å². The number of nitrogens with zero attached hydrogens (tertiary/aromatic N) is 1. The highest BCUT2D eigenvalue weighted by molar-refractivity contribution is 7.93. The van der Waals surface area contributed by atoms with E-state index < -0.39 is 20.9 Å². The monoisotopic (exact) mass is 527 g/mol. The summed E-state index contributed by atoms with van der Waals surface area (Å²) >= 11 is 5.98. The fourth-order valence-electron chi connectivity index (χ4n) is 4.11. The molecule has 190 valence electrons. The summed E-state index contributed by atoms with van der Waals surface area (Å²) in [6.07, 6.45) is 1.22. The Hall–Kier alpha value is -3.07. The van der Waals surface area contributed by atoms with Crippen molar-refractivity contribution in [3.05, 3.63) is 88.9 Å². The highest BCUT2D eigenvalue weighted by atomic mass is 35.5. The minimum atomic E-state index is -3.44. The maximum atomic E-state index is 12.6. The molecule has 0 spiro atoms. The summed E-state index contributed by atoms with van der Waals surface area (Å²) in [6.45, 7) is 4.61. The minimum absolute atomic E-state index is 0.285. The largest absolute Gasteiger partial charge is 0.385 e. The lowest BCUT2D eigenvalue weighted by Gasteiger charge is -2.39. The summed E-state index contributed by atoms with van der Waals surface area (Å²) in [7, 11) is -3.44. The minimum Gasteiger partial charge on any atom is -0.385 e. The number of aliphatic hydroxyl groups is 1. The van der Waals surface area contributed by atoms with Crippen molar-refractivity contribution >= 4 is 44.6 Å². The number of amides is 1. The highest BCUT2D eigenvalue weighted by Crippen LogP contribution is 2.35. The number of carbonyl (C=O) groups excluding carboxylic acids is 1. The number of rotatable bonds is 7. The van der Waals surface area contributed by atoms with Crippen molar-refractivity contribution in [3.8, 4) is 0 Å². The third-order valence-electron chi connectivity index (χ3n) is 6.49. The van der Waals surface area contributed by atoms with Crippen LogP contribution in [0.4, 0.5) is 17.1 Å². The molecule has 0 unspecified atom stereocenters. The number of piperidine rings is 1. The zero-order chi connectivity index (χ0) is 25.9. The molecule has 0 aliphatic carbocycles. The maximum Gasteiger partial charge on any atom is 0.255 e. The molecule has 0 aromatic heterocycles. The summed E-state index contributed by atoms with van der Waals surface area (Å²) in [5.41, 5.74) is 2.53. The number of hydrogen-bond acceptors (Lipinski definition) is 5. The van der Waals surface area contributed by atoms with E-state index in [9.17, 15) is 18.3 Å². The van der Waals surface area contributed by atoms with Crippen molar-refractivity contribution in [2.45, 2.75) is 37.5 Å². The molecule has 4 rings (SSSR count). The first kappa shape index (κ1) is 26.0. The number of benzene rings is 3. The lowest BCUT2D eigenvalue weighted by molar-refractivity contribution is 0.0118. The molecule has 0 radical (unpaired) electrons. The van der Waals surface area contributed by atoms with Gasteiger partial charge in [0.1, 0.15) is 0 Å². The summed E-state index contributed by atoms with van der Waals surface area (Å²) in [5.74, 6) is -0.285. The Labute approximate surface area is 217 Å². The number of nitrogens with one attached hydrogen (secondary N) is 2. The van der Waals surface area contributed by atoms with Gasteiger partial charge in [0, 0.05) is 40.7 Å². The Balaban J connectivity index is 1.33. The van der Waals surface area contributed by atoms with Gasteiger partial charge >= 0.3 is 0 Å². The molecule has 1 fully saturated rings. The fourth-order valence-corrected chi connectivity index (χ4v) is 4.94. The van der Waals surface area contributed by atoms with E-state index in [0.29, 0.717) is 47.9 Å². The van der Waals surface area contributed by atoms with E-state index in [2.05, 4.69) is 14.9 Å². The summed E-state index contributed by atoms with van der Waals surface area (Å²) in [5, 5.41) is 14.1. The van der Waals surface area contributed by atoms with Crippen LogP contribution in [0.3, 0.4) is 0 Å². The maximum absolute atomic E-state index is 12.6. The van der Waals surface area contributed by atoms with E-state index in [4.69, 9.17) is 11.6 Å². The zero-order valence-electron chi connectivity index (χ0n) is 20.2. The third-order valence-corrected chi connectivity index (χ3v) is 8.50. The number of anilines is 3. The first-order valence-corrected chi connectivity index (χ1v) is 13.7. The first-order chi connectivity index (χ1) is 17.1. The predicted octanol–water partition coefficient (Wildman–Crippen LogP) is 5.23. The second kappa shape index (κ2) is 10.5.